The minimum absolute atomic E-state index is 0.0740. The van der Waals surface area contributed by atoms with E-state index in [2.05, 4.69) is 25.9 Å². The number of hydrogen-bond donors (Lipinski definition) is 2. The fraction of sp³-hybridized carbons (Fsp3) is 0.0714. The van der Waals surface area contributed by atoms with Crippen molar-refractivity contribution in [2.75, 3.05) is 0 Å². The zero-order valence-corrected chi connectivity index (χ0v) is 13.2. The molecule has 6 heteroatoms. The zero-order chi connectivity index (χ0) is 14.3. The van der Waals surface area contributed by atoms with Gasteiger partial charge in [0.25, 0.3) is 0 Å². The molecule has 0 aliphatic carbocycles. The van der Waals surface area contributed by atoms with Gasteiger partial charge >= 0.3 is 5.69 Å². The van der Waals surface area contributed by atoms with Crippen LogP contribution in [0.25, 0.3) is 11.0 Å². The molecule has 1 aromatic heterocycles. The molecule has 3 aromatic rings. The lowest BCUT2D eigenvalue weighted by Gasteiger charge is -2.13. The third-order valence-corrected chi connectivity index (χ3v) is 4.65. The zero-order valence-electron chi connectivity index (χ0n) is 10.1. The van der Waals surface area contributed by atoms with Crippen LogP contribution in [0.15, 0.2) is 41.2 Å². The fourth-order valence-corrected chi connectivity index (χ4v) is 3.43. The Morgan fingerprint density at radius 2 is 1.75 bits per heavy atom. The maximum absolute atomic E-state index is 11.3. The van der Waals surface area contributed by atoms with Gasteiger partial charge in [-0.15, -0.1) is 0 Å². The smallest absolute Gasteiger partial charge is 0.306 e. The van der Waals surface area contributed by atoms with E-state index in [0.29, 0.717) is 10.0 Å². The van der Waals surface area contributed by atoms with E-state index < -0.39 is 0 Å². The van der Waals surface area contributed by atoms with Crippen molar-refractivity contribution in [3.63, 3.8) is 0 Å². The van der Waals surface area contributed by atoms with Crippen molar-refractivity contribution < 1.29 is 0 Å². The largest absolute Gasteiger partial charge is 0.323 e. The molecule has 3 rings (SSSR count). The molecule has 1 heterocycles. The van der Waals surface area contributed by atoms with Crippen molar-refractivity contribution in [1.82, 2.24) is 9.97 Å². The summed E-state index contributed by atoms with van der Waals surface area (Å²) in [6.45, 7) is 0. The lowest BCUT2D eigenvalue weighted by atomic mass is 10.0. The molecule has 0 fully saturated rings. The lowest BCUT2D eigenvalue weighted by Crippen LogP contribution is -1.99. The van der Waals surface area contributed by atoms with E-state index in [0.717, 1.165) is 22.2 Å². The summed E-state index contributed by atoms with van der Waals surface area (Å²) in [6.07, 6.45) is 0. The van der Waals surface area contributed by atoms with Gasteiger partial charge in [-0.3, -0.25) is 0 Å². The van der Waals surface area contributed by atoms with Crippen LogP contribution in [0.5, 0.6) is 0 Å². The summed E-state index contributed by atoms with van der Waals surface area (Å²) in [4.78, 5) is 16.7. The first-order valence-corrected chi connectivity index (χ1v) is 7.53. The highest BCUT2D eigenvalue weighted by molar-refractivity contribution is 9.09. The molecule has 3 nitrogen and oxygen atoms in total. The average molecular weight is 372 g/mol. The molecule has 2 N–H and O–H groups in total. The SMILES string of the molecule is O=c1[nH]c2ccc(C(Br)c3ccc(Cl)cc3Cl)cc2[nH]1. The van der Waals surface area contributed by atoms with Gasteiger partial charge in [-0.05, 0) is 35.4 Å². The number of rotatable bonds is 2. The van der Waals surface area contributed by atoms with E-state index in [1.165, 1.54) is 0 Å². The fourth-order valence-electron chi connectivity index (χ4n) is 2.09. The topological polar surface area (TPSA) is 48.6 Å². The van der Waals surface area contributed by atoms with Gasteiger partial charge in [-0.2, -0.15) is 0 Å². The molecule has 102 valence electrons. The van der Waals surface area contributed by atoms with Crippen LogP contribution in [0.2, 0.25) is 10.0 Å². The van der Waals surface area contributed by atoms with E-state index in [9.17, 15) is 4.79 Å². The summed E-state index contributed by atoms with van der Waals surface area (Å²) in [6, 6.07) is 11.1. The van der Waals surface area contributed by atoms with Crippen molar-refractivity contribution in [3.05, 3.63) is 68.1 Å². The Kier molecular flexibility index (Phi) is 3.63. The van der Waals surface area contributed by atoms with Gasteiger partial charge in [-0.1, -0.05) is 51.3 Å². The molecule has 1 unspecified atom stereocenters. The number of fused-ring (bicyclic) bond motifs is 1. The van der Waals surface area contributed by atoms with Crippen LogP contribution in [0.3, 0.4) is 0 Å². The van der Waals surface area contributed by atoms with Gasteiger partial charge in [0.1, 0.15) is 0 Å². The number of benzene rings is 2. The van der Waals surface area contributed by atoms with Crippen molar-refractivity contribution >= 4 is 50.2 Å². The van der Waals surface area contributed by atoms with Crippen LogP contribution in [-0.4, -0.2) is 9.97 Å². The number of nitrogens with one attached hydrogen (secondary N) is 2. The summed E-state index contributed by atoms with van der Waals surface area (Å²) in [5.41, 5.74) is 3.25. The molecule has 0 saturated heterocycles. The quantitative estimate of drug-likeness (QED) is 0.633. The minimum atomic E-state index is -0.215. The number of hydrogen-bond acceptors (Lipinski definition) is 1. The first-order valence-electron chi connectivity index (χ1n) is 5.85. The molecule has 0 amide bonds. The van der Waals surface area contributed by atoms with Crippen molar-refractivity contribution in [2.24, 2.45) is 0 Å². The van der Waals surface area contributed by atoms with E-state index in [4.69, 9.17) is 23.2 Å². The predicted octanol–water partition coefficient (Wildman–Crippen LogP) is 4.65. The normalized spacial score (nSPS) is 12.8. The lowest BCUT2D eigenvalue weighted by molar-refractivity contribution is 1.18. The first-order chi connectivity index (χ1) is 9.54. The van der Waals surface area contributed by atoms with Crippen LogP contribution < -0.4 is 5.69 Å². The van der Waals surface area contributed by atoms with Crippen molar-refractivity contribution in [1.29, 1.82) is 0 Å². The Morgan fingerprint density at radius 1 is 1.00 bits per heavy atom. The summed E-state index contributed by atoms with van der Waals surface area (Å²) in [5, 5.41) is 1.20. The van der Waals surface area contributed by atoms with Crippen LogP contribution in [0, 0.1) is 0 Å². The van der Waals surface area contributed by atoms with E-state index in [1.54, 1.807) is 12.1 Å². The molecule has 0 aliphatic heterocycles. The Bertz CT molecular complexity index is 841. The van der Waals surface area contributed by atoms with Crippen LogP contribution in [-0.2, 0) is 0 Å². The van der Waals surface area contributed by atoms with E-state index in [-0.39, 0.29) is 10.5 Å². The highest BCUT2D eigenvalue weighted by Gasteiger charge is 2.15. The van der Waals surface area contributed by atoms with Gasteiger partial charge in [0, 0.05) is 10.0 Å². The molecule has 20 heavy (non-hydrogen) atoms. The third kappa shape index (κ3) is 2.51. The summed E-state index contributed by atoms with van der Waals surface area (Å²) < 4.78 is 0. The molecular weight excluding hydrogens is 363 g/mol. The van der Waals surface area contributed by atoms with Gasteiger partial charge in [0.2, 0.25) is 0 Å². The molecule has 0 bridgehead atoms. The number of aromatic amines is 2. The third-order valence-electron chi connectivity index (χ3n) is 3.07. The van der Waals surface area contributed by atoms with Gasteiger partial charge in [0.05, 0.1) is 15.9 Å². The Balaban J connectivity index is 2.06. The first kappa shape index (κ1) is 13.7. The number of aromatic nitrogens is 2. The molecule has 1 atom stereocenters. The molecule has 0 spiro atoms. The number of H-pyrrole nitrogens is 2. The van der Waals surface area contributed by atoms with Gasteiger partial charge in [-0.25, -0.2) is 4.79 Å². The van der Waals surface area contributed by atoms with Crippen molar-refractivity contribution in [2.45, 2.75) is 4.83 Å². The Morgan fingerprint density at radius 3 is 2.50 bits per heavy atom. The average Bonchev–Trinajstić information content (AvgIpc) is 2.77. The molecule has 0 radical (unpaired) electrons. The standard InChI is InChI=1S/C14H9BrCl2N2O/c15-13(9-3-2-8(16)6-10(9)17)7-1-4-11-12(5-7)19-14(20)18-11/h1-6,13H,(H2,18,19,20). The summed E-state index contributed by atoms with van der Waals surface area (Å²) >= 11 is 15.8. The van der Waals surface area contributed by atoms with E-state index >= 15 is 0 Å². The second-order valence-corrected chi connectivity index (χ2v) is 6.17. The molecule has 0 saturated carbocycles. The van der Waals surface area contributed by atoms with Crippen LogP contribution in [0.4, 0.5) is 0 Å². The predicted molar refractivity (Wildman–Crippen MR) is 86.2 cm³/mol. The minimum Gasteiger partial charge on any atom is -0.306 e. The molecular formula is C14H9BrCl2N2O. The second-order valence-electron chi connectivity index (χ2n) is 4.41. The number of halogens is 3. The number of alkyl halides is 1. The van der Waals surface area contributed by atoms with E-state index in [1.807, 2.05) is 24.3 Å². The van der Waals surface area contributed by atoms with Gasteiger partial charge < -0.3 is 9.97 Å². The number of imidazole rings is 1. The van der Waals surface area contributed by atoms with Crippen LogP contribution >= 0.6 is 39.1 Å². The molecule has 2 aromatic carbocycles. The monoisotopic (exact) mass is 370 g/mol. The van der Waals surface area contributed by atoms with Gasteiger partial charge in [0.15, 0.2) is 0 Å². The highest BCUT2D eigenvalue weighted by Crippen LogP contribution is 2.36. The Hall–Kier alpha value is -1.23. The van der Waals surface area contributed by atoms with Crippen LogP contribution in [0.1, 0.15) is 16.0 Å². The maximum atomic E-state index is 11.3. The molecule has 0 aliphatic rings. The summed E-state index contributed by atoms with van der Waals surface area (Å²) in [5.74, 6) is 0. The summed E-state index contributed by atoms with van der Waals surface area (Å²) in [7, 11) is 0. The van der Waals surface area contributed by atoms with Crippen molar-refractivity contribution in [3.8, 4) is 0 Å². The Labute approximate surface area is 133 Å². The maximum Gasteiger partial charge on any atom is 0.323 e. The second kappa shape index (κ2) is 5.28. The highest BCUT2D eigenvalue weighted by atomic mass is 79.9.